The molecule has 0 fully saturated rings. The van der Waals surface area contributed by atoms with Crippen LogP contribution in [0.2, 0.25) is 0 Å². The molecule has 0 aliphatic rings. The Hall–Kier alpha value is -2.78. The van der Waals surface area contributed by atoms with Crippen molar-refractivity contribution in [2.75, 3.05) is 0 Å². The summed E-state index contributed by atoms with van der Waals surface area (Å²) in [6.07, 6.45) is 2.23. The Morgan fingerprint density at radius 1 is 0.920 bits per heavy atom. The highest BCUT2D eigenvalue weighted by molar-refractivity contribution is 7.25. The number of nitrogens with zero attached hydrogens (tertiary/aromatic N) is 2. The van der Waals surface area contributed by atoms with E-state index >= 15 is 0 Å². The normalized spacial score (nSPS) is 11.6. The van der Waals surface area contributed by atoms with Crippen LogP contribution >= 0.6 is 11.3 Å². The van der Waals surface area contributed by atoms with Gasteiger partial charge in [-0.05, 0) is 30.7 Å². The Kier molecular flexibility index (Phi) is 3.12. The van der Waals surface area contributed by atoms with Crippen LogP contribution in [0, 0.1) is 6.92 Å². The van der Waals surface area contributed by atoms with Crippen LogP contribution in [0.15, 0.2) is 66.9 Å². The predicted octanol–water partition coefficient (Wildman–Crippen LogP) is 5.40. The van der Waals surface area contributed by atoms with Gasteiger partial charge in [0.1, 0.15) is 16.6 Å². The maximum absolute atomic E-state index is 4.87. The molecule has 2 aromatic carbocycles. The third-order valence-corrected chi connectivity index (χ3v) is 5.89. The van der Waals surface area contributed by atoms with E-state index in [4.69, 9.17) is 4.98 Å². The van der Waals surface area contributed by atoms with E-state index in [2.05, 4.69) is 79.3 Å². The van der Waals surface area contributed by atoms with Gasteiger partial charge in [0, 0.05) is 27.8 Å². The summed E-state index contributed by atoms with van der Waals surface area (Å²) in [5.74, 6) is 0. The fourth-order valence-electron chi connectivity index (χ4n) is 3.52. The summed E-state index contributed by atoms with van der Waals surface area (Å²) in [5.41, 5.74) is 4.86. The summed E-state index contributed by atoms with van der Waals surface area (Å²) in [4.78, 5) is 5.98. The zero-order valence-electron chi connectivity index (χ0n) is 14.2. The van der Waals surface area contributed by atoms with Crippen molar-refractivity contribution in [3.05, 3.63) is 72.4 Å². The van der Waals surface area contributed by atoms with Gasteiger partial charge < -0.3 is 0 Å². The molecule has 0 N–H and O–H groups in total. The van der Waals surface area contributed by atoms with E-state index in [0.717, 1.165) is 10.3 Å². The molecule has 5 rings (SSSR count). The molecule has 0 amide bonds. The van der Waals surface area contributed by atoms with Crippen LogP contribution in [0.4, 0.5) is 0 Å². The summed E-state index contributed by atoms with van der Waals surface area (Å²) < 4.78 is 3.50. The fourth-order valence-corrected chi connectivity index (χ4v) is 4.64. The van der Waals surface area contributed by atoms with Crippen molar-refractivity contribution >= 4 is 42.5 Å². The molecule has 5 aromatic rings. The third kappa shape index (κ3) is 2.24. The average Bonchev–Trinajstić information content (AvgIpc) is 2.96. The molecule has 0 unspecified atom stereocenters. The molecule has 3 heterocycles. The smallest absolute Gasteiger partial charge is 0.213 e. The summed E-state index contributed by atoms with van der Waals surface area (Å²) in [6.45, 7) is 2.17. The Bertz CT molecular complexity index is 1270. The van der Waals surface area contributed by atoms with Crippen molar-refractivity contribution in [1.82, 2.24) is 4.98 Å². The Morgan fingerprint density at radius 3 is 2.60 bits per heavy atom. The van der Waals surface area contributed by atoms with Crippen LogP contribution in [0.1, 0.15) is 5.56 Å². The molecule has 0 saturated heterocycles. The van der Waals surface area contributed by atoms with Gasteiger partial charge in [-0.3, -0.25) is 0 Å². The topological polar surface area (TPSA) is 16.8 Å². The van der Waals surface area contributed by atoms with E-state index in [1.54, 1.807) is 11.3 Å². The van der Waals surface area contributed by atoms with Gasteiger partial charge in [-0.15, -0.1) is 11.3 Å². The molecule has 2 nitrogen and oxygen atoms in total. The van der Waals surface area contributed by atoms with E-state index in [1.165, 1.54) is 37.7 Å². The minimum absolute atomic E-state index is 1.06. The summed E-state index contributed by atoms with van der Waals surface area (Å²) >= 11 is 1.77. The van der Waals surface area contributed by atoms with Crippen molar-refractivity contribution in [2.24, 2.45) is 7.05 Å². The quantitative estimate of drug-likeness (QED) is 0.373. The number of aromatic nitrogens is 2. The monoisotopic (exact) mass is 341 g/mol. The third-order valence-electron chi connectivity index (χ3n) is 4.84. The first-order chi connectivity index (χ1) is 12.2. The molecule has 0 spiro atoms. The number of hydrogen-bond donors (Lipinski definition) is 0. The highest BCUT2D eigenvalue weighted by Gasteiger charge is 2.17. The minimum Gasteiger partial charge on any atom is -0.237 e. The molecule has 120 valence electrons. The number of rotatable bonds is 1. The highest BCUT2D eigenvalue weighted by Crippen LogP contribution is 2.35. The number of benzene rings is 2. The molecule has 0 aliphatic carbocycles. The molecule has 25 heavy (non-hydrogen) atoms. The first-order valence-electron chi connectivity index (χ1n) is 8.38. The molecule has 0 saturated carbocycles. The second-order valence-corrected chi connectivity index (χ2v) is 7.53. The SMILES string of the molecule is Cc1ccccc1-c1cc2c(c[n+]1C)sc1nc3ccccc3cc12. The van der Waals surface area contributed by atoms with Crippen LogP contribution < -0.4 is 4.57 Å². The molecule has 3 aromatic heterocycles. The predicted molar refractivity (Wildman–Crippen MR) is 106 cm³/mol. The van der Waals surface area contributed by atoms with E-state index in [1.807, 2.05) is 6.07 Å². The molecule has 0 atom stereocenters. The van der Waals surface area contributed by atoms with E-state index in [9.17, 15) is 0 Å². The molecule has 0 bridgehead atoms. The van der Waals surface area contributed by atoms with Gasteiger partial charge in [0.2, 0.25) is 5.69 Å². The molecular weight excluding hydrogens is 324 g/mol. The molecular formula is C22H17N2S+. The number of fused-ring (bicyclic) bond motifs is 4. The second kappa shape index (κ2) is 5.36. The summed E-state index contributed by atoms with van der Waals surface area (Å²) in [6, 6.07) is 21.5. The fraction of sp³-hybridized carbons (Fsp3) is 0.0909. The number of para-hydroxylation sites is 1. The zero-order valence-corrected chi connectivity index (χ0v) is 15.0. The van der Waals surface area contributed by atoms with Gasteiger partial charge in [0.25, 0.3) is 0 Å². The van der Waals surface area contributed by atoms with Gasteiger partial charge in [-0.25, -0.2) is 4.98 Å². The average molecular weight is 341 g/mol. The van der Waals surface area contributed by atoms with Crippen LogP contribution in [-0.4, -0.2) is 4.98 Å². The lowest BCUT2D eigenvalue weighted by Gasteiger charge is -2.04. The van der Waals surface area contributed by atoms with E-state index < -0.39 is 0 Å². The van der Waals surface area contributed by atoms with Crippen molar-refractivity contribution in [3.63, 3.8) is 0 Å². The van der Waals surface area contributed by atoms with Crippen molar-refractivity contribution in [3.8, 4) is 11.3 Å². The van der Waals surface area contributed by atoms with Gasteiger partial charge in [0.05, 0.1) is 5.52 Å². The van der Waals surface area contributed by atoms with Gasteiger partial charge in [-0.2, -0.15) is 4.57 Å². The van der Waals surface area contributed by atoms with Crippen LogP contribution in [0.3, 0.4) is 0 Å². The number of hydrogen-bond acceptors (Lipinski definition) is 2. The zero-order chi connectivity index (χ0) is 17.0. The first kappa shape index (κ1) is 14.6. The maximum Gasteiger partial charge on any atom is 0.213 e. The lowest BCUT2D eigenvalue weighted by Crippen LogP contribution is -2.30. The lowest BCUT2D eigenvalue weighted by molar-refractivity contribution is -0.659. The van der Waals surface area contributed by atoms with Crippen molar-refractivity contribution < 1.29 is 4.57 Å². The summed E-state index contributed by atoms with van der Waals surface area (Å²) in [7, 11) is 2.12. The van der Waals surface area contributed by atoms with Gasteiger partial charge in [-0.1, -0.05) is 36.4 Å². The van der Waals surface area contributed by atoms with Crippen LogP contribution in [-0.2, 0) is 7.05 Å². The van der Waals surface area contributed by atoms with Crippen LogP contribution in [0.25, 0.3) is 42.5 Å². The second-order valence-electron chi connectivity index (χ2n) is 6.50. The molecule has 3 heteroatoms. The Labute approximate surface area is 150 Å². The molecule has 0 radical (unpaired) electrons. The summed E-state index contributed by atoms with van der Waals surface area (Å²) in [5, 5.41) is 3.73. The van der Waals surface area contributed by atoms with Crippen molar-refractivity contribution in [2.45, 2.75) is 6.92 Å². The standard InChI is InChI=1S/C22H17N2S/c1-14-7-3-5-9-16(14)20-12-17-18-11-15-8-4-6-10-19(15)23-22(18)25-21(17)13-24(20)2/h3-13H,1-2H3/q+1. The molecule has 0 aliphatic heterocycles. The number of pyridine rings is 2. The van der Waals surface area contributed by atoms with Gasteiger partial charge in [0.15, 0.2) is 6.20 Å². The largest absolute Gasteiger partial charge is 0.237 e. The van der Waals surface area contributed by atoms with Crippen molar-refractivity contribution in [1.29, 1.82) is 0 Å². The minimum atomic E-state index is 1.06. The number of thiophene rings is 1. The Balaban J connectivity index is 1.87. The lowest BCUT2D eigenvalue weighted by atomic mass is 10.0. The van der Waals surface area contributed by atoms with E-state index in [0.29, 0.717) is 0 Å². The number of aryl methyl sites for hydroxylation is 2. The van der Waals surface area contributed by atoms with E-state index in [-0.39, 0.29) is 0 Å². The first-order valence-corrected chi connectivity index (χ1v) is 9.20. The van der Waals surface area contributed by atoms with Gasteiger partial charge >= 0.3 is 0 Å². The maximum atomic E-state index is 4.87. The van der Waals surface area contributed by atoms with Crippen LogP contribution in [0.5, 0.6) is 0 Å². The highest BCUT2D eigenvalue weighted by atomic mass is 32.1. The Morgan fingerprint density at radius 2 is 1.72 bits per heavy atom.